The molecule has 1 aliphatic rings. The Bertz CT molecular complexity index is 936. The van der Waals surface area contributed by atoms with Gasteiger partial charge in [0.05, 0.1) is 7.11 Å². The largest absolute Gasteiger partial charge is 0.496 e. The first kappa shape index (κ1) is 26.4. The van der Waals surface area contributed by atoms with Crippen molar-refractivity contribution in [2.45, 2.75) is 50.4 Å². The highest BCUT2D eigenvalue weighted by molar-refractivity contribution is 5.39. The molecule has 4 nitrogen and oxygen atoms in total. The van der Waals surface area contributed by atoms with Crippen molar-refractivity contribution >= 4 is 0 Å². The van der Waals surface area contributed by atoms with Gasteiger partial charge in [0.2, 0.25) is 0 Å². The van der Waals surface area contributed by atoms with E-state index in [0.717, 1.165) is 18.7 Å². The Labute approximate surface area is 199 Å². The number of methoxy groups -OCH3 is 1. The van der Waals surface area contributed by atoms with Gasteiger partial charge in [-0.1, -0.05) is 44.2 Å². The Balaban J connectivity index is 1.74. The molecule has 0 radical (unpaired) electrons. The molecule has 188 valence electrons. The zero-order valence-electron chi connectivity index (χ0n) is 20.0. The molecule has 0 spiro atoms. The van der Waals surface area contributed by atoms with Crippen molar-refractivity contribution in [3.05, 3.63) is 65.5 Å². The third kappa shape index (κ3) is 6.49. The van der Waals surface area contributed by atoms with Crippen molar-refractivity contribution in [2.24, 2.45) is 0 Å². The first-order chi connectivity index (χ1) is 15.9. The SMILES string of the molecule is COc1ccc(F)cc1C(C)(C)CC(O)(CN1CCCN(Cc2ccccc2)CC1)C(F)(F)F. The van der Waals surface area contributed by atoms with E-state index in [2.05, 4.69) is 4.90 Å². The third-order valence-corrected chi connectivity index (χ3v) is 6.57. The maximum atomic E-state index is 14.2. The van der Waals surface area contributed by atoms with Gasteiger partial charge >= 0.3 is 6.18 Å². The minimum Gasteiger partial charge on any atom is -0.496 e. The summed E-state index contributed by atoms with van der Waals surface area (Å²) < 4.78 is 61.9. The average molecular weight is 483 g/mol. The second-order valence-electron chi connectivity index (χ2n) is 9.83. The van der Waals surface area contributed by atoms with Crippen LogP contribution in [0, 0.1) is 5.82 Å². The molecule has 0 bridgehead atoms. The van der Waals surface area contributed by atoms with E-state index in [9.17, 15) is 22.7 Å². The highest BCUT2D eigenvalue weighted by Crippen LogP contribution is 2.44. The van der Waals surface area contributed by atoms with Crippen LogP contribution in [0.5, 0.6) is 5.75 Å². The zero-order chi connectivity index (χ0) is 25.0. The molecule has 1 heterocycles. The van der Waals surface area contributed by atoms with E-state index in [1.165, 1.54) is 25.3 Å². The second-order valence-corrected chi connectivity index (χ2v) is 9.83. The molecule has 0 amide bonds. The molecule has 3 rings (SSSR count). The molecule has 2 aromatic carbocycles. The minimum atomic E-state index is -4.85. The highest BCUT2D eigenvalue weighted by Gasteiger charge is 2.56. The fourth-order valence-corrected chi connectivity index (χ4v) is 4.83. The molecule has 0 aliphatic carbocycles. The van der Waals surface area contributed by atoms with Crippen LogP contribution in [0.15, 0.2) is 48.5 Å². The predicted molar refractivity (Wildman–Crippen MR) is 124 cm³/mol. The van der Waals surface area contributed by atoms with E-state index in [1.807, 2.05) is 30.3 Å². The maximum Gasteiger partial charge on any atom is 0.418 e. The third-order valence-electron chi connectivity index (χ3n) is 6.57. The second kappa shape index (κ2) is 10.6. The van der Waals surface area contributed by atoms with E-state index in [4.69, 9.17) is 4.74 Å². The van der Waals surface area contributed by atoms with Crippen molar-refractivity contribution in [1.29, 1.82) is 0 Å². The lowest BCUT2D eigenvalue weighted by molar-refractivity contribution is -0.271. The van der Waals surface area contributed by atoms with Crippen LogP contribution in [0.3, 0.4) is 0 Å². The number of benzene rings is 2. The number of ether oxygens (including phenoxy) is 1. The summed E-state index contributed by atoms with van der Waals surface area (Å²) >= 11 is 0. The molecule has 1 unspecified atom stereocenters. The summed E-state index contributed by atoms with van der Waals surface area (Å²) in [6.45, 7) is 5.64. The van der Waals surface area contributed by atoms with Crippen molar-refractivity contribution in [3.8, 4) is 5.75 Å². The van der Waals surface area contributed by atoms with Gasteiger partial charge in [-0.15, -0.1) is 0 Å². The lowest BCUT2D eigenvalue weighted by Crippen LogP contribution is -2.56. The van der Waals surface area contributed by atoms with Gasteiger partial charge in [0.1, 0.15) is 11.6 Å². The molecule has 0 aromatic heterocycles. The van der Waals surface area contributed by atoms with Crippen LogP contribution in [-0.2, 0) is 12.0 Å². The molecule has 1 aliphatic heterocycles. The van der Waals surface area contributed by atoms with Crippen LogP contribution in [0.25, 0.3) is 0 Å². The Kier molecular flexibility index (Phi) is 8.26. The Hall–Kier alpha value is -2.16. The molecular weight excluding hydrogens is 448 g/mol. The smallest absolute Gasteiger partial charge is 0.418 e. The van der Waals surface area contributed by atoms with Gasteiger partial charge in [-0.25, -0.2) is 4.39 Å². The van der Waals surface area contributed by atoms with E-state index in [0.29, 0.717) is 37.4 Å². The monoisotopic (exact) mass is 482 g/mol. The van der Waals surface area contributed by atoms with Gasteiger partial charge in [-0.3, -0.25) is 9.80 Å². The Morgan fingerprint density at radius 2 is 1.59 bits per heavy atom. The summed E-state index contributed by atoms with van der Waals surface area (Å²) in [5.74, 6) is -0.271. The van der Waals surface area contributed by atoms with Crippen LogP contribution < -0.4 is 4.74 Å². The summed E-state index contributed by atoms with van der Waals surface area (Å²) in [6.07, 6.45) is -4.75. The highest BCUT2D eigenvalue weighted by atomic mass is 19.4. The van der Waals surface area contributed by atoms with E-state index in [1.54, 1.807) is 18.7 Å². The number of rotatable bonds is 8. The van der Waals surface area contributed by atoms with Gasteiger partial charge in [0.25, 0.3) is 0 Å². The lowest BCUT2D eigenvalue weighted by Gasteiger charge is -2.41. The molecule has 1 fully saturated rings. The van der Waals surface area contributed by atoms with Gasteiger partial charge in [0.15, 0.2) is 5.60 Å². The molecule has 1 saturated heterocycles. The van der Waals surface area contributed by atoms with Crippen LogP contribution >= 0.6 is 0 Å². The lowest BCUT2D eigenvalue weighted by atomic mass is 9.74. The van der Waals surface area contributed by atoms with Gasteiger partial charge in [0, 0.05) is 31.7 Å². The normalized spacial score (nSPS) is 18.4. The number of hydrogen-bond donors (Lipinski definition) is 1. The molecule has 8 heteroatoms. The standard InChI is InChI=1S/C26H34F4N2O2/c1-24(2,22-16-21(27)10-11-23(22)34-3)18-25(33,26(28,29)30)19-32-13-7-12-31(14-15-32)17-20-8-5-4-6-9-20/h4-6,8-11,16,33H,7,12-15,17-19H2,1-3H3. The summed E-state index contributed by atoms with van der Waals surface area (Å²) in [7, 11) is 1.39. The summed E-state index contributed by atoms with van der Waals surface area (Å²) in [5.41, 5.74) is -2.69. The molecular formula is C26H34F4N2O2. The first-order valence-corrected chi connectivity index (χ1v) is 11.6. The van der Waals surface area contributed by atoms with Crippen LogP contribution in [0.4, 0.5) is 17.6 Å². The van der Waals surface area contributed by atoms with Crippen molar-refractivity contribution in [2.75, 3.05) is 39.8 Å². The van der Waals surface area contributed by atoms with Crippen LogP contribution in [0.2, 0.25) is 0 Å². The average Bonchev–Trinajstić information content (AvgIpc) is 2.98. The topological polar surface area (TPSA) is 35.9 Å². The van der Waals surface area contributed by atoms with Gasteiger partial charge in [-0.05, 0) is 55.1 Å². The van der Waals surface area contributed by atoms with Crippen LogP contribution in [-0.4, -0.2) is 66.5 Å². The predicted octanol–water partition coefficient (Wildman–Crippen LogP) is 5.00. The maximum absolute atomic E-state index is 14.2. The first-order valence-electron chi connectivity index (χ1n) is 11.6. The molecule has 1 N–H and O–H groups in total. The number of alkyl halides is 3. The summed E-state index contributed by atoms with van der Waals surface area (Å²) in [6, 6.07) is 13.7. The number of aliphatic hydroxyl groups is 1. The fourth-order valence-electron chi connectivity index (χ4n) is 4.83. The van der Waals surface area contributed by atoms with E-state index < -0.39 is 36.0 Å². The van der Waals surface area contributed by atoms with Gasteiger partial charge < -0.3 is 9.84 Å². The Morgan fingerprint density at radius 1 is 0.941 bits per heavy atom. The van der Waals surface area contributed by atoms with Crippen LogP contribution in [0.1, 0.15) is 37.8 Å². The Morgan fingerprint density at radius 3 is 2.24 bits per heavy atom. The molecule has 34 heavy (non-hydrogen) atoms. The molecule has 0 saturated carbocycles. The van der Waals surface area contributed by atoms with Gasteiger partial charge in [-0.2, -0.15) is 13.2 Å². The van der Waals surface area contributed by atoms with Crippen molar-refractivity contribution in [1.82, 2.24) is 9.80 Å². The fraction of sp³-hybridized carbons (Fsp3) is 0.538. The zero-order valence-corrected chi connectivity index (χ0v) is 20.0. The number of β-amino-alcohol motifs (C(OH)–C–C–N with tert-alkyl or cyclic N) is 1. The number of halogens is 4. The van der Waals surface area contributed by atoms with E-state index in [-0.39, 0.29) is 0 Å². The van der Waals surface area contributed by atoms with Crippen molar-refractivity contribution < 1.29 is 27.4 Å². The number of nitrogens with zero attached hydrogens (tertiary/aromatic N) is 2. The quantitative estimate of drug-likeness (QED) is 0.537. The van der Waals surface area contributed by atoms with E-state index >= 15 is 0 Å². The number of hydrogen-bond acceptors (Lipinski definition) is 4. The van der Waals surface area contributed by atoms with Crippen molar-refractivity contribution in [3.63, 3.8) is 0 Å². The summed E-state index contributed by atoms with van der Waals surface area (Å²) in [5, 5.41) is 11.0. The minimum absolute atomic E-state index is 0.294. The summed E-state index contributed by atoms with van der Waals surface area (Å²) in [4.78, 5) is 3.92. The molecule has 1 atom stereocenters. The molecule has 2 aromatic rings.